The summed E-state index contributed by atoms with van der Waals surface area (Å²) < 4.78 is 12.5. The first-order valence-electron chi connectivity index (χ1n) is 11.1. The van der Waals surface area contributed by atoms with Crippen LogP contribution in [0.15, 0.2) is 57.9 Å². The molecule has 0 unspecified atom stereocenters. The van der Waals surface area contributed by atoms with Crippen LogP contribution in [0, 0.1) is 13.8 Å². The fourth-order valence-electron chi connectivity index (χ4n) is 4.15. The Morgan fingerprint density at radius 3 is 2.48 bits per heavy atom. The molecule has 0 spiro atoms. The van der Waals surface area contributed by atoms with E-state index in [0.29, 0.717) is 6.61 Å². The summed E-state index contributed by atoms with van der Waals surface area (Å²) in [5, 5.41) is 5.50. The molecular weight excluding hydrogens is 384 g/mol. The first kappa shape index (κ1) is 21.0. The SMILES string of the molecule is CC/N=c1/cc2oc3cc(NCC)c(C)cc3c(-c3ccccc3OCC)c-2cc1C. The Morgan fingerprint density at radius 1 is 0.935 bits per heavy atom. The van der Waals surface area contributed by atoms with Crippen LogP contribution in [-0.2, 0) is 0 Å². The van der Waals surface area contributed by atoms with Gasteiger partial charge in [-0.2, -0.15) is 0 Å². The Hall–Kier alpha value is -3.27. The first-order chi connectivity index (χ1) is 15.1. The molecule has 2 aromatic rings. The number of nitrogens with zero attached hydrogens (tertiary/aromatic N) is 1. The minimum absolute atomic E-state index is 0.617. The van der Waals surface area contributed by atoms with Gasteiger partial charge in [-0.05, 0) is 63.9 Å². The van der Waals surface area contributed by atoms with E-state index in [2.05, 4.69) is 74.4 Å². The molecule has 0 atom stereocenters. The molecule has 0 bridgehead atoms. The third kappa shape index (κ3) is 3.90. The Kier molecular flexibility index (Phi) is 5.99. The van der Waals surface area contributed by atoms with E-state index in [1.54, 1.807) is 0 Å². The quantitative estimate of drug-likeness (QED) is 0.363. The average molecular weight is 415 g/mol. The van der Waals surface area contributed by atoms with E-state index in [9.17, 15) is 0 Å². The lowest BCUT2D eigenvalue weighted by atomic mass is 9.91. The van der Waals surface area contributed by atoms with Gasteiger partial charge in [-0.1, -0.05) is 18.2 Å². The van der Waals surface area contributed by atoms with Gasteiger partial charge in [0.2, 0.25) is 0 Å². The number of ether oxygens (including phenoxy) is 1. The summed E-state index contributed by atoms with van der Waals surface area (Å²) in [7, 11) is 0. The monoisotopic (exact) mass is 414 g/mol. The Morgan fingerprint density at radius 2 is 1.74 bits per heavy atom. The van der Waals surface area contributed by atoms with Crippen molar-refractivity contribution in [2.24, 2.45) is 4.99 Å². The van der Waals surface area contributed by atoms with Gasteiger partial charge in [-0.25, -0.2) is 0 Å². The van der Waals surface area contributed by atoms with E-state index in [4.69, 9.17) is 9.15 Å². The molecule has 0 fully saturated rings. The lowest BCUT2D eigenvalue weighted by Crippen LogP contribution is -2.09. The number of fused-ring (bicyclic) bond motifs is 2. The van der Waals surface area contributed by atoms with E-state index in [0.717, 1.165) is 68.9 Å². The lowest BCUT2D eigenvalue weighted by Gasteiger charge is -2.20. The molecule has 4 nitrogen and oxygen atoms in total. The van der Waals surface area contributed by atoms with Gasteiger partial charge in [-0.15, -0.1) is 0 Å². The predicted molar refractivity (Wildman–Crippen MR) is 129 cm³/mol. The molecule has 2 aromatic carbocycles. The maximum Gasteiger partial charge on any atom is 0.137 e. The minimum Gasteiger partial charge on any atom is -0.493 e. The number of aryl methyl sites for hydroxylation is 2. The molecule has 0 saturated carbocycles. The minimum atomic E-state index is 0.617. The summed E-state index contributed by atoms with van der Waals surface area (Å²) >= 11 is 0. The van der Waals surface area contributed by atoms with Crippen molar-refractivity contribution in [3.05, 3.63) is 65.0 Å². The van der Waals surface area contributed by atoms with Crippen LogP contribution < -0.4 is 15.4 Å². The van der Waals surface area contributed by atoms with Gasteiger partial charge in [0, 0.05) is 53.0 Å². The van der Waals surface area contributed by atoms with Gasteiger partial charge >= 0.3 is 0 Å². The van der Waals surface area contributed by atoms with E-state index >= 15 is 0 Å². The molecule has 2 aliphatic rings. The Labute approximate surface area is 183 Å². The van der Waals surface area contributed by atoms with Crippen molar-refractivity contribution < 1.29 is 9.15 Å². The van der Waals surface area contributed by atoms with Crippen molar-refractivity contribution in [2.75, 3.05) is 25.0 Å². The molecule has 1 aliphatic heterocycles. The largest absolute Gasteiger partial charge is 0.493 e. The highest BCUT2D eigenvalue weighted by Gasteiger charge is 2.21. The molecule has 4 heteroatoms. The highest BCUT2D eigenvalue weighted by Crippen LogP contribution is 2.44. The van der Waals surface area contributed by atoms with Crippen molar-refractivity contribution in [2.45, 2.75) is 34.6 Å². The number of benzene rings is 3. The topological polar surface area (TPSA) is 46.8 Å². The second kappa shape index (κ2) is 8.84. The molecule has 0 saturated heterocycles. The van der Waals surface area contributed by atoms with E-state index in [1.165, 1.54) is 5.56 Å². The van der Waals surface area contributed by atoms with Crippen LogP contribution in [0.5, 0.6) is 5.75 Å². The van der Waals surface area contributed by atoms with Crippen molar-refractivity contribution in [3.63, 3.8) is 0 Å². The van der Waals surface area contributed by atoms with Gasteiger partial charge in [0.1, 0.15) is 17.1 Å². The smallest absolute Gasteiger partial charge is 0.137 e. The van der Waals surface area contributed by atoms with Crippen LogP contribution in [0.3, 0.4) is 0 Å². The number of nitrogens with one attached hydrogen (secondary N) is 1. The zero-order valence-electron chi connectivity index (χ0n) is 19.0. The molecule has 0 aromatic heterocycles. The molecule has 1 aliphatic carbocycles. The second-order valence-electron chi connectivity index (χ2n) is 7.71. The maximum atomic E-state index is 6.45. The fraction of sp³-hybridized carbons (Fsp3) is 0.296. The van der Waals surface area contributed by atoms with Gasteiger partial charge in [0.15, 0.2) is 0 Å². The third-order valence-corrected chi connectivity index (χ3v) is 5.54. The number of para-hydroxylation sites is 1. The third-order valence-electron chi connectivity index (χ3n) is 5.54. The summed E-state index contributed by atoms with van der Waals surface area (Å²) in [6.07, 6.45) is 0. The van der Waals surface area contributed by atoms with Gasteiger partial charge < -0.3 is 14.5 Å². The molecule has 1 heterocycles. The highest BCUT2D eigenvalue weighted by atomic mass is 16.5. The van der Waals surface area contributed by atoms with Crippen LogP contribution in [0.2, 0.25) is 0 Å². The van der Waals surface area contributed by atoms with E-state index < -0.39 is 0 Å². The molecule has 31 heavy (non-hydrogen) atoms. The number of anilines is 1. The Bertz CT molecular complexity index is 1270. The summed E-state index contributed by atoms with van der Waals surface area (Å²) in [4.78, 5) is 4.65. The van der Waals surface area contributed by atoms with Crippen LogP contribution in [0.25, 0.3) is 33.4 Å². The van der Waals surface area contributed by atoms with E-state index in [-0.39, 0.29) is 0 Å². The molecular formula is C27H30N2O2. The predicted octanol–water partition coefficient (Wildman–Crippen LogP) is 6.57. The second-order valence-corrected chi connectivity index (χ2v) is 7.71. The Balaban J connectivity index is 2.16. The van der Waals surface area contributed by atoms with Crippen molar-refractivity contribution in [1.29, 1.82) is 0 Å². The molecule has 0 radical (unpaired) electrons. The van der Waals surface area contributed by atoms with Crippen molar-refractivity contribution in [1.82, 2.24) is 0 Å². The van der Waals surface area contributed by atoms with Gasteiger partial charge in [-0.3, -0.25) is 4.99 Å². The zero-order valence-corrected chi connectivity index (χ0v) is 19.0. The van der Waals surface area contributed by atoms with Crippen LogP contribution in [0.1, 0.15) is 31.9 Å². The van der Waals surface area contributed by atoms with Gasteiger partial charge in [0.25, 0.3) is 0 Å². The lowest BCUT2D eigenvalue weighted by molar-refractivity contribution is 0.341. The standard InChI is InChI=1S/C27H30N2O2/c1-6-28-22-15-25-20(13-17(22)4)27(19-11-9-10-12-24(19)30-8-3)21-14-18(5)23(29-7-2)16-26(21)31-25/h9-16,28H,6-8H2,1-5H3/b29-23-. The molecule has 0 amide bonds. The summed E-state index contributed by atoms with van der Waals surface area (Å²) in [6.45, 7) is 12.6. The van der Waals surface area contributed by atoms with Crippen LogP contribution in [0.4, 0.5) is 5.69 Å². The maximum absolute atomic E-state index is 6.45. The molecule has 4 rings (SSSR count). The number of rotatable bonds is 6. The fourth-order valence-corrected chi connectivity index (χ4v) is 4.15. The summed E-state index contributed by atoms with van der Waals surface area (Å²) in [5.74, 6) is 1.71. The van der Waals surface area contributed by atoms with E-state index in [1.807, 2.05) is 19.1 Å². The van der Waals surface area contributed by atoms with Gasteiger partial charge in [0.05, 0.1) is 12.0 Å². The van der Waals surface area contributed by atoms with Crippen LogP contribution >= 0.6 is 0 Å². The molecule has 160 valence electrons. The normalized spacial score (nSPS) is 12.0. The average Bonchev–Trinajstić information content (AvgIpc) is 2.75. The van der Waals surface area contributed by atoms with Crippen molar-refractivity contribution in [3.8, 4) is 28.2 Å². The first-order valence-corrected chi connectivity index (χ1v) is 11.1. The zero-order chi connectivity index (χ0) is 22.0. The number of hydrogen-bond acceptors (Lipinski definition) is 4. The molecule has 1 N–H and O–H groups in total. The van der Waals surface area contributed by atoms with Crippen molar-refractivity contribution >= 4 is 16.7 Å². The number of hydrogen-bond donors (Lipinski definition) is 1. The summed E-state index contributed by atoms with van der Waals surface area (Å²) in [6, 6.07) is 16.8. The highest BCUT2D eigenvalue weighted by molar-refractivity contribution is 6.04. The summed E-state index contributed by atoms with van der Waals surface area (Å²) in [5.41, 5.74) is 7.55. The van der Waals surface area contributed by atoms with Crippen LogP contribution in [-0.4, -0.2) is 19.7 Å².